The maximum absolute atomic E-state index is 14.1. The van der Waals surface area contributed by atoms with Crippen molar-refractivity contribution in [2.24, 2.45) is 0 Å². The number of halogens is 3. The molecule has 1 atom stereocenters. The van der Waals surface area contributed by atoms with E-state index in [4.69, 9.17) is 9.47 Å². The number of benzene rings is 2. The number of carbonyl (C=O) groups excluding carboxylic acids is 2. The number of esters is 1. The van der Waals surface area contributed by atoms with Crippen LogP contribution in [0.3, 0.4) is 0 Å². The molecule has 3 aromatic rings. The number of thiazole rings is 1. The molecule has 10 heteroatoms. The molecule has 162 valence electrons. The van der Waals surface area contributed by atoms with Gasteiger partial charge in [0.2, 0.25) is 0 Å². The number of aromatic nitrogens is 1. The third-order valence-corrected chi connectivity index (χ3v) is 5.76. The highest BCUT2D eigenvalue weighted by molar-refractivity contribution is 7.18. The van der Waals surface area contributed by atoms with E-state index in [0.29, 0.717) is 17.5 Å². The molecule has 2 aromatic carbocycles. The van der Waals surface area contributed by atoms with E-state index in [1.807, 2.05) is 6.92 Å². The van der Waals surface area contributed by atoms with Gasteiger partial charge in [-0.2, -0.15) is 0 Å². The first-order valence-corrected chi connectivity index (χ1v) is 10.3. The minimum atomic E-state index is -1.31. The lowest BCUT2D eigenvalue weighted by atomic mass is 10.1. The Labute approximate surface area is 179 Å². The zero-order valence-corrected chi connectivity index (χ0v) is 17.4. The smallest absolute Gasteiger partial charge is 0.310 e. The van der Waals surface area contributed by atoms with E-state index in [2.05, 4.69) is 4.98 Å². The number of hydrogen-bond donors (Lipinski definition) is 0. The topological polar surface area (TPSA) is 68.7 Å². The van der Waals surface area contributed by atoms with E-state index < -0.39 is 35.4 Å². The summed E-state index contributed by atoms with van der Waals surface area (Å²) < 4.78 is 52.1. The Hall–Kier alpha value is -3.14. The summed E-state index contributed by atoms with van der Waals surface area (Å²) in [6, 6.07) is 5.62. The zero-order valence-electron chi connectivity index (χ0n) is 16.6. The van der Waals surface area contributed by atoms with Crippen LogP contribution in [0, 0.1) is 24.4 Å². The maximum Gasteiger partial charge on any atom is 0.310 e. The van der Waals surface area contributed by atoms with Crippen LogP contribution < -0.4 is 9.64 Å². The fourth-order valence-corrected chi connectivity index (χ4v) is 4.32. The van der Waals surface area contributed by atoms with Gasteiger partial charge in [0.15, 0.2) is 23.6 Å². The highest BCUT2D eigenvalue weighted by Gasteiger charge is 2.37. The SMILES string of the molecule is CCOC(=O)CC1Oc2cc(C)ccc2N(Cc2nc3c(F)cc(F)c(F)c3s2)C1=O. The summed E-state index contributed by atoms with van der Waals surface area (Å²) in [5.74, 6) is -4.20. The molecule has 2 heterocycles. The third-order valence-electron chi connectivity index (χ3n) is 4.73. The molecule has 1 aliphatic rings. The van der Waals surface area contributed by atoms with Gasteiger partial charge in [0, 0.05) is 6.07 Å². The maximum atomic E-state index is 14.1. The van der Waals surface area contributed by atoms with Crippen molar-refractivity contribution in [2.75, 3.05) is 11.5 Å². The number of rotatable bonds is 5. The van der Waals surface area contributed by atoms with Gasteiger partial charge >= 0.3 is 5.97 Å². The molecular weight excluding hydrogens is 433 g/mol. The van der Waals surface area contributed by atoms with Crippen molar-refractivity contribution < 1.29 is 32.2 Å². The molecule has 0 fully saturated rings. The number of ether oxygens (including phenoxy) is 2. The number of fused-ring (bicyclic) bond motifs is 2. The molecule has 0 saturated carbocycles. The first-order valence-electron chi connectivity index (χ1n) is 9.45. The van der Waals surface area contributed by atoms with Crippen molar-refractivity contribution in [3.8, 4) is 5.75 Å². The van der Waals surface area contributed by atoms with Crippen molar-refractivity contribution in [1.82, 2.24) is 4.98 Å². The molecule has 31 heavy (non-hydrogen) atoms. The molecule has 1 aromatic heterocycles. The second kappa shape index (κ2) is 8.18. The van der Waals surface area contributed by atoms with Crippen LogP contribution in [0.1, 0.15) is 23.9 Å². The summed E-state index contributed by atoms with van der Waals surface area (Å²) in [6.07, 6.45) is -1.40. The minimum absolute atomic E-state index is 0.128. The Kier molecular flexibility index (Phi) is 5.57. The zero-order chi connectivity index (χ0) is 22.3. The van der Waals surface area contributed by atoms with Gasteiger partial charge in [-0.1, -0.05) is 6.07 Å². The summed E-state index contributed by atoms with van der Waals surface area (Å²) in [5, 5.41) is 0.204. The average molecular weight is 450 g/mol. The predicted molar refractivity (Wildman–Crippen MR) is 108 cm³/mol. The Bertz CT molecular complexity index is 1200. The van der Waals surface area contributed by atoms with E-state index in [1.165, 1.54) is 4.90 Å². The van der Waals surface area contributed by atoms with Crippen LogP contribution in [-0.4, -0.2) is 29.6 Å². The molecule has 0 radical (unpaired) electrons. The highest BCUT2D eigenvalue weighted by atomic mass is 32.1. The summed E-state index contributed by atoms with van der Waals surface area (Å²) >= 11 is 0.757. The van der Waals surface area contributed by atoms with Crippen LogP contribution in [0.15, 0.2) is 24.3 Å². The van der Waals surface area contributed by atoms with Crippen LogP contribution in [0.25, 0.3) is 10.2 Å². The molecule has 0 spiro atoms. The number of carbonyl (C=O) groups is 2. The molecule has 1 unspecified atom stereocenters. The molecule has 0 bridgehead atoms. The summed E-state index contributed by atoms with van der Waals surface area (Å²) in [6.45, 7) is 3.54. The van der Waals surface area contributed by atoms with Crippen LogP contribution in [0.5, 0.6) is 5.75 Å². The second-order valence-electron chi connectivity index (χ2n) is 6.95. The Morgan fingerprint density at radius 2 is 2.03 bits per heavy atom. The highest BCUT2D eigenvalue weighted by Crippen LogP contribution is 2.38. The van der Waals surface area contributed by atoms with Crippen molar-refractivity contribution in [3.05, 3.63) is 52.3 Å². The molecule has 1 amide bonds. The molecule has 4 rings (SSSR count). The first-order chi connectivity index (χ1) is 14.8. The number of aryl methyl sites for hydroxylation is 1. The van der Waals surface area contributed by atoms with Gasteiger partial charge in [0.25, 0.3) is 5.91 Å². The summed E-state index contributed by atoms with van der Waals surface area (Å²) in [5.41, 5.74) is 1.01. The number of anilines is 1. The molecule has 0 saturated heterocycles. The second-order valence-corrected chi connectivity index (χ2v) is 8.03. The molecule has 6 nitrogen and oxygen atoms in total. The van der Waals surface area contributed by atoms with Gasteiger partial charge in [-0.3, -0.25) is 14.5 Å². The largest absolute Gasteiger partial charge is 0.478 e. The first kappa shape index (κ1) is 21.1. The Balaban J connectivity index is 1.71. The fourth-order valence-electron chi connectivity index (χ4n) is 3.33. The van der Waals surface area contributed by atoms with Crippen LogP contribution in [-0.2, 0) is 20.9 Å². The number of hydrogen-bond acceptors (Lipinski definition) is 6. The summed E-state index contributed by atoms with van der Waals surface area (Å²) in [7, 11) is 0. The lowest BCUT2D eigenvalue weighted by Crippen LogP contribution is -2.46. The van der Waals surface area contributed by atoms with Gasteiger partial charge in [-0.25, -0.2) is 18.2 Å². The normalized spacial score (nSPS) is 15.7. The van der Waals surface area contributed by atoms with Crippen LogP contribution in [0.2, 0.25) is 0 Å². The van der Waals surface area contributed by atoms with E-state index >= 15 is 0 Å². The van der Waals surface area contributed by atoms with Gasteiger partial charge in [-0.05, 0) is 31.5 Å². The molecule has 0 N–H and O–H groups in total. The van der Waals surface area contributed by atoms with Gasteiger partial charge in [0.05, 0.1) is 30.0 Å². The Morgan fingerprint density at radius 1 is 1.26 bits per heavy atom. The minimum Gasteiger partial charge on any atom is -0.478 e. The molecule has 0 aliphatic carbocycles. The summed E-state index contributed by atoms with van der Waals surface area (Å²) in [4.78, 5) is 30.4. The standard InChI is InChI=1S/C21H17F3N2O4S/c1-3-29-17(27)8-15-21(28)26(13-5-4-10(2)6-14(13)30-15)9-16-25-19-12(23)7-11(22)18(24)20(19)31-16/h4-7,15H,3,8-9H2,1-2H3. The monoisotopic (exact) mass is 450 g/mol. The lowest BCUT2D eigenvalue weighted by Gasteiger charge is -2.33. The van der Waals surface area contributed by atoms with Crippen molar-refractivity contribution in [1.29, 1.82) is 0 Å². The van der Waals surface area contributed by atoms with Crippen molar-refractivity contribution >= 4 is 39.1 Å². The molecular formula is C21H17F3N2O4S. The number of amides is 1. The van der Waals surface area contributed by atoms with Crippen LogP contribution >= 0.6 is 11.3 Å². The Morgan fingerprint density at radius 3 is 2.77 bits per heavy atom. The van der Waals surface area contributed by atoms with Gasteiger partial charge < -0.3 is 9.47 Å². The third kappa shape index (κ3) is 3.95. The van der Waals surface area contributed by atoms with Gasteiger partial charge in [-0.15, -0.1) is 11.3 Å². The van der Waals surface area contributed by atoms with E-state index in [9.17, 15) is 22.8 Å². The number of nitrogens with zero attached hydrogens (tertiary/aromatic N) is 2. The van der Waals surface area contributed by atoms with E-state index in [-0.39, 0.29) is 34.8 Å². The van der Waals surface area contributed by atoms with E-state index in [1.54, 1.807) is 25.1 Å². The van der Waals surface area contributed by atoms with Crippen molar-refractivity contribution in [3.63, 3.8) is 0 Å². The fraction of sp³-hybridized carbons (Fsp3) is 0.286. The lowest BCUT2D eigenvalue weighted by molar-refractivity contribution is -0.147. The average Bonchev–Trinajstić information content (AvgIpc) is 3.14. The quantitative estimate of drug-likeness (QED) is 0.429. The van der Waals surface area contributed by atoms with Crippen LogP contribution in [0.4, 0.5) is 18.9 Å². The predicted octanol–water partition coefficient (Wildman–Crippen LogP) is 4.27. The molecule has 1 aliphatic heterocycles. The van der Waals surface area contributed by atoms with Crippen molar-refractivity contribution in [2.45, 2.75) is 32.9 Å². The van der Waals surface area contributed by atoms with E-state index in [0.717, 1.165) is 16.9 Å². The van der Waals surface area contributed by atoms with Gasteiger partial charge in [0.1, 0.15) is 16.3 Å².